The Labute approximate surface area is 105 Å². The largest absolute Gasteiger partial charge is 0.496 e. The van der Waals surface area contributed by atoms with Crippen LogP contribution in [0.2, 0.25) is 0 Å². The molecule has 0 radical (unpaired) electrons. The molecular formula is C15H23NO. The Bertz CT molecular complexity index is 381. The number of methoxy groups -OCH3 is 1. The van der Waals surface area contributed by atoms with Gasteiger partial charge in [-0.25, -0.2) is 0 Å². The number of hydrogen-bond acceptors (Lipinski definition) is 2. The molecule has 1 aliphatic heterocycles. The molecule has 0 aliphatic carbocycles. The molecule has 0 spiro atoms. The zero-order valence-corrected chi connectivity index (χ0v) is 11.3. The van der Waals surface area contributed by atoms with Crippen molar-refractivity contribution in [3.05, 3.63) is 28.8 Å². The molecular weight excluding hydrogens is 210 g/mol. The van der Waals surface area contributed by atoms with Gasteiger partial charge in [0.05, 0.1) is 7.11 Å². The van der Waals surface area contributed by atoms with Crippen LogP contribution in [0, 0.1) is 13.8 Å². The van der Waals surface area contributed by atoms with Gasteiger partial charge in [-0.3, -0.25) is 4.90 Å². The Morgan fingerprint density at radius 1 is 1.06 bits per heavy atom. The summed E-state index contributed by atoms with van der Waals surface area (Å²) in [6, 6.07) is 4.44. The van der Waals surface area contributed by atoms with E-state index < -0.39 is 0 Å². The van der Waals surface area contributed by atoms with Crippen LogP contribution in [0.5, 0.6) is 5.75 Å². The van der Waals surface area contributed by atoms with Crippen LogP contribution in [0.25, 0.3) is 0 Å². The SMILES string of the molecule is COc1cc(C)c(C)cc1CN1CCCCC1. The predicted octanol–water partition coefficient (Wildman–Crippen LogP) is 3.30. The van der Waals surface area contributed by atoms with E-state index in [2.05, 4.69) is 30.9 Å². The van der Waals surface area contributed by atoms with Crippen molar-refractivity contribution < 1.29 is 4.74 Å². The smallest absolute Gasteiger partial charge is 0.123 e. The molecule has 17 heavy (non-hydrogen) atoms. The van der Waals surface area contributed by atoms with Gasteiger partial charge in [-0.1, -0.05) is 12.5 Å². The Hall–Kier alpha value is -1.02. The van der Waals surface area contributed by atoms with Gasteiger partial charge in [0.1, 0.15) is 5.75 Å². The Morgan fingerprint density at radius 2 is 1.71 bits per heavy atom. The maximum absolute atomic E-state index is 5.50. The molecule has 0 saturated carbocycles. The fraction of sp³-hybridized carbons (Fsp3) is 0.600. The standard InChI is InChI=1S/C15H23NO/c1-12-9-14(15(17-3)10-13(12)2)11-16-7-5-4-6-8-16/h9-10H,4-8,11H2,1-3H3. The molecule has 1 saturated heterocycles. The lowest BCUT2D eigenvalue weighted by molar-refractivity contribution is 0.218. The quantitative estimate of drug-likeness (QED) is 0.794. The Balaban J connectivity index is 2.15. The number of nitrogens with zero attached hydrogens (tertiary/aromatic N) is 1. The highest BCUT2D eigenvalue weighted by Gasteiger charge is 2.13. The van der Waals surface area contributed by atoms with Gasteiger partial charge in [0.25, 0.3) is 0 Å². The lowest BCUT2D eigenvalue weighted by Gasteiger charge is -2.27. The molecule has 0 N–H and O–H groups in total. The summed E-state index contributed by atoms with van der Waals surface area (Å²) in [5, 5.41) is 0. The summed E-state index contributed by atoms with van der Waals surface area (Å²) in [6.45, 7) is 7.81. The maximum atomic E-state index is 5.50. The first-order chi connectivity index (χ1) is 8.20. The molecule has 1 fully saturated rings. The van der Waals surface area contributed by atoms with Gasteiger partial charge in [-0.2, -0.15) is 0 Å². The van der Waals surface area contributed by atoms with Crippen LogP contribution in [0.15, 0.2) is 12.1 Å². The minimum Gasteiger partial charge on any atom is -0.496 e. The number of likely N-dealkylation sites (tertiary alicyclic amines) is 1. The van der Waals surface area contributed by atoms with Crippen molar-refractivity contribution >= 4 is 0 Å². The van der Waals surface area contributed by atoms with Crippen molar-refractivity contribution in [2.75, 3.05) is 20.2 Å². The van der Waals surface area contributed by atoms with Gasteiger partial charge >= 0.3 is 0 Å². The first-order valence-electron chi connectivity index (χ1n) is 6.57. The highest BCUT2D eigenvalue weighted by Crippen LogP contribution is 2.25. The van der Waals surface area contributed by atoms with Crippen molar-refractivity contribution in [2.24, 2.45) is 0 Å². The average molecular weight is 233 g/mol. The topological polar surface area (TPSA) is 12.5 Å². The number of piperidine rings is 1. The molecule has 1 aromatic carbocycles. The molecule has 1 aromatic rings. The average Bonchev–Trinajstić information content (AvgIpc) is 2.35. The minimum atomic E-state index is 1.03. The molecule has 2 nitrogen and oxygen atoms in total. The van der Waals surface area contributed by atoms with Crippen LogP contribution >= 0.6 is 0 Å². The molecule has 0 amide bonds. The number of hydrogen-bond donors (Lipinski definition) is 0. The Kier molecular flexibility index (Phi) is 4.06. The number of aryl methyl sites for hydroxylation is 2. The van der Waals surface area contributed by atoms with E-state index in [4.69, 9.17) is 4.74 Å². The normalized spacial score (nSPS) is 17.1. The molecule has 2 rings (SSSR count). The van der Waals surface area contributed by atoms with Gasteiger partial charge in [0, 0.05) is 12.1 Å². The second kappa shape index (κ2) is 5.54. The van der Waals surface area contributed by atoms with Crippen molar-refractivity contribution in [3.8, 4) is 5.75 Å². The molecule has 0 unspecified atom stereocenters. The molecule has 94 valence electrons. The van der Waals surface area contributed by atoms with Crippen molar-refractivity contribution in [2.45, 2.75) is 39.7 Å². The summed E-state index contributed by atoms with van der Waals surface area (Å²) < 4.78 is 5.50. The maximum Gasteiger partial charge on any atom is 0.123 e. The third-order valence-electron chi connectivity index (χ3n) is 3.74. The van der Waals surface area contributed by atoms with E-state index in [1.807, 2.05) is 0 Å². The lowest BCUT2D eigenvalue weighted by atomic mass is 10.0. The summed E-state index contributed by atoms with van der Waals surface area (Å²) in [7, 11) is 1.77. The summed E-state index contributed by atoms with van der Waals surface area (Å²) in [4.78, 5) is 2.54. The molecule has 1 aliphatic rings. The number of benzene rings is 1. The van der Waals surface area contributed by atoms with Gasteiger partial charge in [-0.15, -0.1) is 0 Å². The second-order valence-electron chi connectivity index (χ2n) is 5.09. The zero-order chi connectivity index (χ0) is 12.3. The molecule has 0 aromatic heterocycles. The predicted molar refractivity (Wildman–Crippen MR) is 71.6 cm³/mol. The van der Waals surface area contributed by atoms with Gasteiger partial charge in [-0.05, 0) is 57.0 Å². The van der Waals surface area contributed by atoms with Gasteiger partial charge in [0.15, 0.2) is 0 Å². The monoisotopic (exact) mass is 233 g/mol. The van der Waals surface area contributed by atoms with E-state index in [0.717, 1.165) is 12.3 Å². The number of rotatable bonds is 3. The first-order valence-corrected chi connectivity index (χ1v) is 6.57. The van der Waals surface area contributed by atoms with Gasteiger partial charge < -0.3 is 4.74 Å². The van der Waals surface area contributed by atoms with E-state index in [9.17, 15) is 0 Å². The third-order valence-corrected chi connectivity index (χ3v) is 3.74. The third kappa shape index (κ3) is 3.01. The fourth-order valence-electron chi connectivity index (χ4n) is 2.52. The second-order valence-corrected chi connectivity index (χ2v) is 5.09. The van der Waals surface area contributed by atoms with Crippen LogP contribution < -0.4 is 4.74 Å². The minimum absolute atomic E-state index is 1.03. The van der Waals surface area contributed by atoms with Crippen molar-refractivity contribution in [1.82, 2.24) is 4.90 Å². The summed E-state index contributed by atoms with van der Waals surface area (Å²) in [5.74, 6) is 1.04. The van der Waals surface area contributed by atoms with E-state index in [-0.39, 0.29) is 0 Å². The summed E-state index contributed by atoms with van der Waals surface area (Å²) >= 11 is 0. The summed E-state index contributed by atoms with van der Waals surface area (Å²) in [6.07, 6.45) is 4.07. The molecule has 1 heterocycles. The van der Waals surface area contributed by atoms with Crippen LogP contribution in [0.1, 0.15) is 36.0 Å². The molecule has 0 bridgehead atoms. The lowest BCUT2D eigenvalue weighted by Crippen LogP contribution is -2.29. The van der Waals surface area contributed by atoms with Crippen LogP contribution in [-0.4, -0.2) is 25.1 Å². The van der Waals surface area contributed by atoms with Crippen LogP contribution in [-0.2, 0) is 6.54 Å². The Morgan fingerprint density at radius 3 is 2.35 bits per heavy atom. The van der Waals surface area contributed by atoms with E-state index in [0.29, 0.717) is 0 Å². The molecule has 2 heteroatoms. The van der Waals surface area contributed by atoms with Crippen LogP contribution in [0.4, 0.5) is 0 Å². The number of ether oxygens (including phenoxy) is 1. The zero-order valence-electron chi connectivity index (χ0n) is 11.3. The first kappa shape index (κ1) is 12.4. The summed E-state index contributed by atoms with van der Waals surface area (Å²) in [5.41, 5.74) is 4.00. The van der Waals surface area contributed by atoms with Crippen LogP contribution in [0.3, 0.4) is 0 Å². The fourth-order valence-corrected chi connectivity index (χ4v) is 2.52. The highest BCUT2D eigenvalue weighted by molar-refractivity contribution is 5.41. The van der Waals surface area contributed by atoms with Gasteiger partial charge in [0.2, 0.25) is 0 Å². The van der Waals surface area contributed by atoms with E-state index in [1.54, 1.807) is 7.11 Å². The van der Waals surface area contributed by atoms with Crippen molar-refractivity contribution in [1.29, 1.82) is 0 Å². The van der Waals surface area contributed by atoms with Crippen molar-refractivity contribution in [3.63, 3.8) is 0 Å². The highest BCUT2D eigenvalue weighted by atomic mass is 16.5. The van der Waals surface area contributed by atoms with E-state index in [1.165, 1.54) is 49.0 Å². The van der Waals surface area contributed by atoms with E-state index >= 15 is 0 Å². The molecule has 0 atom stereocenters.